The standard InChI is InChI=1S/C29H37BCl2N7O2P/c1-37-11-13-38(14-12-37)20-7-9-39(10-8-20)25-17-26(41-2)24(16-22(25)32)35-29-33-18-21(30)28(36-29)34-23-6-5-19(31)15-27(23)42(3,4)40/h5-6,15-18,20H,7-14H2,1-4H3,(H2,33,34,35,36). The summed E-state index contributed by atoms with van der Waals surface area (Å²) in [6, 6.07) is 9.62. The minimum atomic E-state index is -2.63. The molecular weight excluding hydrogens is 591 g/mol. The van der Waals surface area contributed by atoms with Crippen molar-refractivity contribution in [2.24, 2.45) is 0 Å². The van der Waals surface area contributed by atoms with Crippen molar-refractivity contribution in [3.05, 3.63) is 46.6 Å². The van der Waals surface area contributed by atoms with E-state index in [2.05, 4.69) is 42.3 Å². The molecule has 0 amide bonds. The molecule has 0 bridgehead atoms. The van der Waals surface area contributed by atoms with Crippen LogP contribution in [-0.4, -0.2) is 100 Å². The number of anilines is 5. The number of hydrogen-bond donors (Lipinski definition) is 2. The van der Waals surface area contributed by atoms with Crippen molar-refractivity contribution >= 4 is 77.8 Å². The molecule has 2 radical (unpaired) electrons. The summed E-state index contributed by atoms with van der Waals surface area (Å²) in [5.74, 6) is 1.30. The lowest BCUT2D eigenvalue weighted by Crippen LogP contribution is -2.52. The Hall–Kier alpha value is -2.49. The van der Waals surface area contributed by atoms with E-state index in [-0.39, 0.29) is 0 Å². The molecule has 9 nitrogen and oxygen atoms in total. The highest BCUT2D eigenvalue weighted by atomic mass is 35.5. The zero-order chi connectivity index (χ0) is 30.0. The number of nitrogens with zero attached hydrogens (tertiary/aromatic N) is 5. The van der Waals surface area contributed by atoms with E-state index in [0.717, 1.165) is 57.8 Å². The first-order chi connectivity index (χ1) is 20.0. The number of aromatic nitrogens is 2. The van der Waals surface area contributed by atoms with Gasteiger partial charge in [-0.05, 0) is 62.9 Å². The fourth-order valence-electron chi connectivity index (χ4n) is 5.57. The van der Waals surface area contributed by atoms with Crippen molar-refractivity contribution in [3.8, 4) is 5.75 Å². The SMILES string of the molecule is [B]c1cnc(Nc2cc(Cl)c(N3CCC(N4CCN(C)CC4)CC3)cc2OC)nc1Nc1ccc(Cl)cc1P(C)(C)=O. The highest BCUT2D eigenvalue weighted by molar-refractivity contribution is 7.70. The number of nitrogens with one attached hydrogen (secondary N) is 2. The Morgan fingerprint density at radius 2 is 1.71 bits per heavy atom. The number of likely N-dealkylation sites (N-methyl/N-ethyl adjacent to an activating group) is 1. The number of ether oxygens (including phenoxy) is 1. The van der Waals surface area contributed by atoms with Gasteiger partial charge in [-0.2, -0.15) is 4.98 Å². The third kappa shape index (κ3) is 7.17. The summed E-state index contributed by atoms with van der Waals surface area (Å²) in [7, 11) is 7.39. The van der Waals surface area contributed by atoms with Crippen molar-refractivity contribution in [3.63, 3.8) is 0 Å². The van der Waals surface area contributed by atoms with Crippen molar-refractivity contribution in [2.75, 3.05) is 82.3 Å². The summed E-state index contributed by atoms with van der Waals surface area (Å²) in [5, 5.41) is 8.17. The van der Waals surface area contributed by atoms with E-state index in [1.165, 1.54) is 6.20 Å². The molecule has 3 heterocycles. The zero-order valence-electron chi connectivity index (χ0n) is 24.5. The van der Waals surface area contributed by atoms with Crippen molar-refractivity contribution < 1.29 is 9.30 Å². The molecule has 0 unspecified atom stereocenters. The highest BCUT2D eigenvalue weighted by Crippen LogP contribution is 2.40. The van der Waals surface area contributed by atoms with E-state index >= 15 is 0 Å². The predicted molar refractivity (Wildman–Crippen MR) is 177 cm³/mol. The predicted octanol–water partition coefficient (Wildman–Crippen LogP) is 4.54. The lowest BCUT2D eigenvalue weighted by atomic mass is 9.99. The van der Waals surface area contributed by atoms with Crippen LogP contribution in [0, 0.1) is 0 Å². The number of benzene rings is 2. The molecule has 42 heavy (non-hydrogen) atoms. The number of methoxy groups -OCH3 is 1. The molecule has 3 aromatic rings. The Balaban J connectivity index is 1.31. The first-order valence-electron chi connectivity index (χ1n) is 14.1. The van der Waals surface area contributed by atoms with Gasteiger partial charge in [0.15, 0.2) is 0 Å². The monoisotopic (exact) mass is 627 g/mol. The van der Waals surface area contributed by atoms with E-state index in [1.54, 1.807) is 38.6 Å². The van der Waals surface area contributed by atoms with Crippen LogP contribution in [0.1, 0.15) is 12.8 Å². The van der Waals surface area contributed by atoms with Gasteiger partial charge in [-0.1, -0.05) is 23.2 Å². The topological polar surface area (TPSA) is 85.9 Å². The number of halogens is 2. The van der Waals surface area contributed by atoms with Crippen LogP contribution in [0.4, 0.5) is 28.8 Å². The van der Waals surface area contributed by atoms with Crippen LogP contribution >= 0.6 is 30.3 Å². The van der Waals surface area contributed by atoms with E-state index in [0.29, 0.717) is 55.7 Å². The molecule has 0 atom stereocenters. The molecule has 13 heteroatoms. The normalized spacial score (nSPS) is 17.3. The van der Waals surface area contributed by atoms with E-state index < -0.39 is 7.14 Å². The molecule has 2 N–H and O–H groups in total. The molecule has 2 aliphatic heterocycles. The number of piperidine rings is 1. The second-order valence-electron chi connectivity index (χ2n) is 11.3. The van der Waals surface area contributed by atoms with Gasteiger partial charge in [0.1, 0.15) is 26.6 Å². The Kier molecular flexibility index (Phi) is 9.60. The Morgan fingerprint density at radius 3 is 2.38 bits per heavy atom. The molecule has 0 aliphatic carbocycles. The first-order valence-corrected chi connectivity index (χ1v) is 17.4. The van der Waals surface area contributed by atoms with Crippen LogP contribution < -0.4 is 31.0 Å². The van der Waals surface area contributed by atoms with Gasteiger partial charge >= 0.3 is 0 Å². The van der Waals surface area contributed by atoms with Gasteiger partial charge in [0, 0.05) is 67.9 Å². The van der Waals surface area contributed by atoms with Gasteiger partial charge in [0.2, 0.25) is 5.95 Å². The smallest absolute Gasteiger partial charge is 0.229 e. The zero-order valence-corrected chi connectivity index (χ0v) is 26.9. The fraction of sp³-hybridized carbons (Fsp3) is 0.448. The van der Waals surface area contributed by atoms with Gasteiger partial charge in [0.05, 0.1) is 29.2 Å². The maximum absolute atomic E-state index is 12.9. The average molecular weight is 628 g/mol. The van der Waals surface area contributed by atoms with Gasteiger partial charge in [-0.3, -0.25) is 4.90 Å². The first kappa shape index (κ1) is 31.0. The van der Waals surface area contributed by atoms with Crippen LogP contribution in [0.15, 0.2) is 36.5 Å². The van der Waals surface area contributed by atoms with Crippen molar-refractivity contribution in [1.29, 1.82) is 0 Å². The molecule has 222 valence electrons. The second kappa shape index (κ2) is 13.0. The van der Waals surface area contributed by atoms with Crippen molar-refractivity contribution in [2.45, 2.75) is 18.9 Å². The number of hydrogen-bond acceptors (Lipinski definition) is 9. The van der Waals surface area contributed by atoms with Gasteiger partial charge in [-0.15, -0.1) is 0 Å². The van der Waals surface area contributed by atoms with Crippen LogP contribution in [0.5, 0.6) is 5.75 Å². The van der Waals surface area contributed by atoms with Gasteiger partial charge < -0.3 is 29.7 Å². The largest absolute Gasteiger partial charge is 0.494 e. The minimum Gasteiger partial charge on any atom is -0.494 e. The summed E-state index contributed by atoms with van der Waals surface area (Å²) in [4.78, 5) is 16.3. The third-order valence-electron chi connectivity index (χ3n) is 7.98. The summed E-state index contributed by atoms with van der Waals surface area (Å²) in [5.41, 5.74) is 2.54. The molecule has 2 aliphatic rings. The summed E-state index contributed by atoms with van der Waals surface area (Å²) < 4.78 is 18.7. The summed E-state index contributed by atoms with van der Waals surface area (Å²) in [6.07, 6.45) is 3.73. The Bertz CT molecular complexity index is 1470. The number of piperazine rings is 1. The van der Waals surface area contributed by atoms with Crippen LogP contribution in [-0.2, 0) is 4.57 Å². The van der Waals surface area contributed by atoms with E-state index in [9.17, 15) is 4.57 Å². The molecule has 2 fully saturated rings. The molecule has 0 spiro atoms. The molecule has 2 saturated heterocycles. The minimum absolute atomic E-state index is 0.300. The van der Waals surface area contributed by atoms with Gasteiger partial charge in [-0.25, -0.2) is 4.98 Å². The number of rotatable bonds is 8. The second-order valence-corrected chi connectivity index (χ2v) is 15.3. The molecule has 5 rings (SSSR count). The molecule has 2 aromatic carbocycles. The Morgan fingerprint density at radius 1 is 1.00 bits per heavy atom. The van der Waals surface area contributed by atoms with Crippen molar-refractivity contribution in [1.82, 2.24) is 19.8 Å². The molecular formula is C29H37BCl2N7O2P. The van der Waals surface area contributed by atoms with E-state index in [4.69, 9.17) is 35.8 Å². The molecule has 0 saturated carbocycles. The molecule has 1 aromatic heterocycles. The van der Waals surface area contributed by atoms with Crippen LogP contribution in [0.25, 0.3) is 0 Å². The van der Waals surface area contributed by atoms with E-state index in [1.807, 2.05) is 12.1 Å². The lowest BCUT2D eigenvalue weighted by Gasteiger charge is -2.42. The maximum Gasteiger partial charge on any atom is 0.229 e. The fourth-order valence-corrected chi connectivity index (χ4v) is 7.26. The van der Waals surface area contributed by atoms with Crippen LogP contribution in [0.2, 0.25) is 10.0 Å². The highest BCUT2D eigenvalue weighted by Gasteiger charge is 2.28. The maximum atomic E-state index is 12.9. The van der Waals surface area contributed by atoms with Crippen LogP contribution in [0.3, 0.4) is 0 Å². The Labute approximate surface area is 259 Å². The third-order valence-corrected chi connectivity index (χ3v) is 10.1. The quantitative estimate of drug-likeness (QED) is 0.276. The van der Waals surface area contributed by atoms with Gasteiger partial charge in [0.25, 0.3) is 0 Å². The summed E-state index contributed by atoms with van der Waals surface area (Å²) in [6.45, 7) is 9.81. The lowest BCUT2D eigenvalue weighted by molar-refractivity contribution is 0.0982. The average Bonchev–Trinajstić information content (AvgIpc) is 2.96. The summed E-state index contributed by atoms with van der Waals surface area (Å²) >= 11 is 13.0.